The number of hydrogen-bond donors (Lipinski definition) is 1. The maximum atomic E-state index is 12.0. The Hall–Kier alpha value is -1.80. The smallest absolute Gasteiger partial charge is 0.251 e. The zero-order valence-corrected chi connectivity index (χ0v) is 11.8. The number of hydrogen-bond acceptors (Lipinski definition) is 1. The van der Waals surface area contributed by atoms with Gasteiger partial charge in [-0.15, -0.1) is 0 Å². The summed E-state index contributed by atoms with van der Waals surface area (Å²) >= 11 is 6.01. The van der Waals surface area contributed by atoms with Gasteiger partial charge in [0.2, 0.25) is 0 Å². The van der Waals surface area contributed by atoms with E-state index in [-0.39, 0.29) is 5.91 Å². The van der Waals surface area contributed by atoms with Crippen LogP contribution in [0, 0.1) is 13.8 Å². The number of nitrogens with one attached hydrogen (secondary N) is 1. The molecule has 0 heterocycles. The van der Waals surface area contributed by atoms with E-state index in [1.807, 2.05) is 44.2 Å². The Morgan fingerprint density at radius 1 is 1.11 bits per heavy atom. The topological polar surface area (TPSA) is 29.1 Å². The Balaban J connectivity index is 2.01. The number of carbonyl (C=O) groups excluding carboxylic acids is 1. The Kier molecular flexibility index (Phi) is 4.23. The van der Waals surface area contributed by atoms with Gasteiger partial charge in [-0.2, -0.15) is 0 Å². The van der Waals surface area contributed by atoms with Gasteiger partial charge in [0.15, 0.2) is 0 Å². The lowest BCUT2D eigenvalue weighted by Gasteiger charge is -2.07. The Morgan fingerprint density at radius 2 is 1.79 bits per heavy atom. The highest BCUT2D eigenvalue weighted by molar-refractivity contribution is 6.31. The van der Waals surface area contributed by atoms with Gasteiger partial charge in [-0.25, -0.2) is 0 Å². The quantitative estimate of drug-likeness (QED) is 0.903. The van der Waals surface area contributed by atoms with Gasteiger partial charge >= 0.3 is 0 Å². The van der Waals surface area contributed by atoms with Crippen molar-refractivity contribution >= 4 is 17.5 Å². The summed E-state index contributed by atoms with van der Waals surface area (Å²) in [6, 6.07) is 13.4. The molecule has 0 fully saturated rings. The van der Waals surface area contributed by atoms with Crippen molar-refractivity contribution in [2.24, 2.45) is 0 Å². The minimum absolute atomic E-state index is 0.109. The second-order valence-electron chi connectivity index (χ2n) is 4.63. The van der Waals surface area contributed by atoms with Crippen LogP contribution in [0.3, 0.4) is 0 Å². The monoisotopic (exact) mass is 273 g/mol. The second-order valence-corrected chi connectivity index (χ2v) is 5.04. The van der Waals surface area contributed by atoms with E-state index in [1.165, 1.54) is 5.56 Å². The molecule has 0 aromatic heterocycles. The predicted molar refractivity (Wildman–Crippen MR) is 78.5 cm³/mol. The van der Waals surface area contributed by atoms with Crippen LogP contribution < -0.4 is 5.32 Å². The molecule has 0 aliphatic carbocycles. The highest BCUT2D eigenvalue weighted by Crippen LogP contribution is 2.16. The van der Waals surface area contributed by atoms with Crippen molar-refractivity contribution in [3.63, 3.8) is 0 Å². The molecule has 2 nitrogen and oxygen atoms in total. The van der Waals surface area contributed by atoms with Crippen molar-refractivity contribution in [2.75, 3.05) is 0 Å². The summed E-state index contributed by atoms with van der Waals surface area (Å²) in [6.45, 7) is 4.47. The number of rotatable bonds is 3. The number of aryl methyl sites for hydroxylation is 2. The van der Waals surface area contributed by atoms with Gasteiger partial charge in [0, 0.05) is 17.1 Å². The fraction of sp³-hybridized carbons (Fsp3) is 0.188. The third-order valence-electron chi connectivity index (χ3n) is 3.01. The third kappa shape index (κ3) is 3.58. The summed E-state index contributed by atoms with van der Waals surface area (Å²) in [7, 11) is 0. The zero-order chi connectivity index (χ0) is 13.8. The van der Waals surface area contributed by atoms with Crippen LogP contribution in [0.1, 0.15) is 27.0 Å². The van der Waals surface area contributed by atoms with Gasteiger partial charge in [0.05, 0.1) is 0 Å². The second kappa shape index (κ2) is 5.89. The van der Waals surface area contributed by atoms with Crippen molar-refractivity contribution in [2.45, 2.75) is 20.4 Å². The van der Waals surface area contributed by atoms with Crippen molar-refractivity contribution < 1.29 is 4.79 Å². The Morgan fingerprint density at radius 3 is 2.42 bits per heavy atom. The summed E-state index contributed by atoms with van der Waals surface area (Å²) in [4.78, 5) is 12.0. The van der Waals surface area contributed by atoms with Gasteiger partial charge in [0.1, 0.15) is 0 Å². The summed E-state index contributed by atoms with van der Waals surface area (Å²) < 4.78 is 0. The molecule has 19 heavy (non-hydrogen) atoms. The molecule has 2 aromatic carbocycles. The molecule has 0 unspecified atom stereocenters. The zero-order valence-electron chi connectivity index (χ0n) is 11.0. The molecule has 0 spiro atoms. The average molecular weight is 274 g/mol. The molecule has 0 bridgehead atoms. The Bertz CT molecular complexity index is 590. The number of halogens is 1. The van der Waals surface area contributed by atoms with E-state index in [1.54, 1.807) is 12.1 Å². The first-order valence-electron chi connectivity index (χ1n) is 6.16. The van der Waals surface area contributed by atoms with E-state index in [0.29, 0.717) is 17.1 Å². The minimum atomic E-state index is -0.109. The molecule has 1 amide bonds. The van der Waals surface area contributed by atoms with Crippen LogP contribution in [0.4, 0.5) is 0 Å². The first kappa shape index (κ1) is 13.6. The lowest BCUT2D eigenvalue weighted by molar-refractivity contribution is 0.0951. The molecule has 1 N–H and O–H groups in total. The van der Waals surface area contributed by atoms with Crippen molar-refractivity contribution in [1.29, 1.82) is 0 Å². The van der Waals surface area contributed by atoms with E-state index in [2.05, 4.69) is 5.32 Å². The Labute approximate surface area is 118 Å². The fourth-order valence-corrected chi connectivity index (χ4v) is 1.90. The molecule has 3 heteroatoms. The molecule has 98 valence electrons. The molecular formula is C16H16ClNO. The maximum Gasteiger partial charge on any atom is 0.251 e. The molecule has 0 aliphatic rings. The van der Waals surface area contributed by atoms with Gasteiger partial charge < -0.3 is 5.32 Å². The molecule has 0 saturated carbocycles. The first-order chi connectivity index (χ1) is 9.06. The summed E-state index contributed by atoms with van der Waals surface area (Å²) in [6.07, 6.45) is 0. The normalized spacial score (nSPS) is 10.3. The van der Waals surface area contributed by atoms with Crippen molar-refractivity contribution in [3.05, 3.63) is 69.7 Å². The van der Waals surface area contributed by atoms with Gasteiger partial charge in [0.25, 0.3) is 5.91 Å². The van der Waals surface area contributed by atoms with E-state index in [0.717, 1.165) is 11.1 Å². The maximum absolute atomic E-state index is 12.0. The van der Waals surface area contributed by atoms with E-state index in [4.69, 9.17) is 11.6 Å². The average Bonchev–Trinajstić information content (AvgIpc) is 2.41. The van der Waals surface area contributed by atoms with Crippen LogP contribution in [0.5, 0.6) is 0 Å². The SMILES string of the molecule is Cc1ccc(CNC(=O)c2ccc(C)c(Cl)c2)cc1. The lowest BCUT2D eigenvalue weighted by Crippen LogP contribution is -2.22. The van der Waals surface area contributed by atoms with E-state index < -0.39 is 0 Å². The molecule has 2 rings (SSSR count). The van der Waals surface area contributed by atoms with Crippen LogP contribution in [0.15, 0.2) is 42.5 Å². The van der Waals surface area contributed by atoms with Crippen LogP contribution >= 0.6 is 11.6 Å². The summed E-state index contributed by atoms with van der Waals surface area (Å²) in [5.74, 6) is -0.109. The highest BCUT2D eigenvalue weighted by atomic mass is 35.5. The fourth-order valence-electron chi connectivity index (χ4n) is 1.72. The number of benzene rings is 2. The third-order valence-corrected chi connectivity index (χ3v) is 3.41. The molecular weight excluding hydrogens is 258 g/mol. The van der Waals surface area contributed by atoms with Crippen LogP contribution in [0.25, 0.3) is 0 Å². The highest BCUT2D eigenvalue weighted by Gasteiger charge is 2.06. The van der Waals surface area contributed by atoms with Gasteiger partial charge in [-0.1, -0.05) is 47.5 Å². The first-order valence-corrected chi connectivity index (χ1v) is 6.54. The number of amides is 1. The largest absolute Gasteiger partial charge is 0.348 e. The van der Waals surface area contributed by atoms with E-state index >= 15 is 0 Å². The van der Waals surface area contributed by atoms with Crippen molar-refractivity contribution in [1.82, 2.24) is 5.32 Å². The van der Waals surface area contributed by atoms with Crippen molar-refractivity contribution in [3.8, 4) is 0 Å². The lowest BCUT2D eigenvalue weighted by atomic mass is 10.1. The standard InChI is InChI=1S/C16H16ClNO/c1-11-3-6-13(7-4-11)10-18-16(19)14-8-5-12(2)15(17)9-14/h3-9H,10H2,1-2H3,(H,18,19). The predicted octanol–water partition coefficient (Wildman–Crippen LogP) is 3.89. The molecule has 0 atom stereocenters. The van der Waals surface area contributed by atoms with E-state index in [9.17, 15) is 4.79 Å². The minimum Gasteiger partial charge on any atom is -0.348 e. The molecule has 0 saturated heterocycles. The van der Waals surface area contributed by atoms with Crippen LogP contribution in [-0.2, 0) is 6.54 Å². The molecule has 0 aliphatic heterocycles. The summed E-state index contributed by atoms with van der Waals surface area (Å²) in [5, 5.41) is 3.50. The summed E-state index contributed by atoms with van der Waals surface area (Å²) in [5.41, 5.74) is 3.84. The molecule has 2 aromatic rings. The number of carbonyl (C=O) groups is 1. The van der Waals surface area contributed by atoms with Crippen LogP contribution in [-0.4, -0.2) is 5.91 Å². The van der Waals surface area contributed by atoms with Gasteiger partial charge in [-0.05, 0) is 37.1 Å². The molecule has 0 radical (unpaired) electrons. The van der Waals surface area contributed by atoms with Crippen LogP contribution in [0.2, 0.25) is 5.02 Å². The van der Waals surface area contributed by atoms with Gasteiger partial charge in [-0.3, -0.25) is 4.79 Å².